The lowest BCUT2D eigenvalue weighted by atomic mass is 10.2. The van der Waals surface area contributed by atoms with Crippen LogP contribution in [0, 0.1) is 5.82 Å². The molecular formula is C16H23ClFN3O2. The molecule has 1 aromatic carbocycles. The van der Waals surface area contributed by atoms with Crippen LogP contribution in [0.25, 0.3) is 0 Å². The first-order valence-electron chi connectivity index (χ1n) is 7.45. The molecule has 0 aliphatic carbocycles. The topological polar surface area (TPSA) is 52.7 Å². The molecule has 0 heterocycles. The predicted molar refractivity (Wildman–Crippen MR) is 89.2 cm³/mol. The molecule has 0 saturated carbocycles. The normalized spacial score (nSPS) is 10.7. The summed E-state index contributed by atoms with van der Waals surface area (Å²) in [6.45, 7) is 3.60. The van der Waals surface area contributed by atoms with Gasteiger partial charge in [0.05, 0.1) is 10.6 Å². The Labute approximate surface area is 141 Å². The summed E-state index contributed by atoms with van der Waals surface area (Å²) in [5, 5.41) is 2.66. The van der Waals surface area contributed by atoms with Gasteiger partial charge in [0, 0.05) is 26.6 Å². The van der Waals surface area contributed by atoms with E-state index in [9.17, 15) is 14.0 Å². The van der Waals surface area contributed by atoms with Crippen LogP contribution in [0.2, 0.25) is 5.02 Å². The summed E-state index contributed by atoms with van der Waals surface area (Å²) in [5.74, 6) is -1.30. The SMILES string of the molecule is CC(=O)N(CCCN(C)C)CCNC(=O)c1c(F)cccc1Cl. The van der Waals surface area contributed by atoms with Crippen molar-refractivity contribution in [3.05, 3.63) is 34.6 Å². The fraction of sp³-hybridized carbons (Fsp3) is 0.500. The zero-order valence-corrected chi connectivity index (χ0v) is 14.5. The van der Waals surface area contributed by atoms with E-state index in [2.05, 4.69) is 5.32 Å². The van der Waals surface area contributed by atoms with Crippen LogP contribution in [0.15, 0.2) is 18.2 Å². The van der Waals surface area contributed by atoms with Crippen molar-refractivity contribution in [1.82, 2.24) is 15.1 Å². The molecule has 0 aromatic heterocycles. The molecule has 0 spiro atoms. The molecule has 0 fully saturated rings. The van der Waals surface area contributed by atoms with Crippen LogP contribution in [-0.2, 0) is 4.79 Å². The Bertz CT molecular complexity index is 532. The minimum atomic E-state index is -0.663. The first-order chi connectivity index (χ1) is 10.8. The van der Waals surface area contributed by atoms with Gasteiger partial charge in [0.25, 0.3) is 5.91 Å². The first kappa shape index (κ1) is 19.4. The summed E-state index contributed by atoms with van der Waals surface area (Å²) < 4.78 is 13.6. The molecule has 0 saturated heterocycles. The molecule has 1 aromatic rings. The number of amides is 2. The maximum absolute atomic E-state index is 13.6. The highest BCUT2D eigenvalue weighted by atomic mass is 35.5. The fourth-order valence-corrected chi connectivity index (χ4v) is 2.36. The zero-order valence-electron chi connectivity index (χ0n) is 13.7. The zero-order chi connectivity index (χ0) is 17.4. The van der Waals surface area contributed by atoms with Gasteiger partial charge in [-0.2, -0.15) is 0 Å². The Hall–Kier alpha value is -1.66. The molecule has 0 radical (unpaired) electrons. The van der Waals surface area contributed by atoms with Gasteiger partial charge in [0.2, 0.25) is 5.91 Å². The van der Waals surface area contributed by atoms with E-state index in [0.29, 0.717) is 13.1 Å². The van der Waals surface area contributed by atoms with Gasteiger partial charge >= 0.3 is 0 Å². The largest absolute Gasteiger partial charge is 0.350 e. The van der Waals surface area contributed by atoms with Crippen molar-refractivity contribution < 1.29 is 14.0 Å². The van der Waals surface area contributed by atoms with Gasteiger partial charge in [0.1, 0.15) is 5.82 Å². The minimum absolute atomic E-state index is 0.0538. The molecule has 0 aliphatic rings. The molecule has 0 bridgehead atoms. The molecule has 128 valence electrons. The van der Waals surface area contributed by atoms with Gasteiger partial charge in [-0.25, -0.2) is 4.39 Å². The van der Waals surface area contributed by atoms with E-state index in [0.717, 1.165) is 13.0 Å². The number of nitrogens with one attached hydrogen (secondary N) is 1. The van der Waals surface area contributed by atoms with E-state index in [4.69, 9.17) is 11.6 Å². The Balaban J connectivity index is 2.49. The molecule has 2 amide bonds. The second-order valence-corrected chi connectivity index (χ2v) is 5.92. The maximum Gasteiger partial charge on any atom is 0.255 e. The monoisotopic (exact) mass is 343 g/mol. The lowest BCUT2D eigenvalue weighted by Crippen LogP contribution is -2.39. The van der Waals surface area contributed by atoms with Crippen LogP contribution in [0.3, 0.4) is 0 Å². The minimum Gasteiger partial charge on any atom is -0.350 e. The van der Waals surface area contributed by atoms with E-state index in [-0.39, 0.29) is 23.0 Å². The van der Waals surface area contributed by atoms with Crippen molar-refractivity contribution >= 4 is 23.4 Å². The van der Waals surface area contributed by atoms with Crippen molar-refractivity contribution in [2.24, 2.45) is 0 Å². The maximum atomic E-state index is 13.6. The third kappa shape index (κ3) is 6.54. The number of carbonyl (C=O) groups excluding carboxylic acids is 2. The second-order valence-electron chi connectivity index (χ2n) is 5.52. The number of halogens is 2. The smallest absolute Gasteiger partial charge is 0.255 e. The van der Waals surface area contributed by atoms with E-state index in [1.165, 1.54) is 25.1 Å². The van der Waals surface area contributed by atoms with Crippen LogP contribution in [-0.4, -0.2) is 61.9 Å². The number of hydrogen-bond acceptors (Lipinski definition) is 3. The van der Waals surface area contributed by atoms with Crippen molar-refractivity contribution in [3.63, 3.8) is 0 Å². The van der Waals surface area contributed by atoms with Crippen molar-refractivity contribution in [1.29, 1.82) is 0 Å². The van der Waals surface area contributed by atoms with Gasteiger partial charge in [-0.1, -0.05) is 17.7 Å². The van der Waals surface area contributed by atoms with Crippen molar-refractivity contribution in [2.75, 3.05) is 40.3 Å². The third-order valence-corrected chi connectivity index (χ3v) is 3.65. The number of rotatable bonds is 8. The van der Waals surface area contributed by atoms with E-state index in [1.54, 1.807) is 4.90 Å². The Kier molecular flexibility index (Phi) is 7.98. The van der Waals surface area contributed by atoms with E-state index >= 15 is 0 Å². The summed E-state index contributed by atoms with van der Waals surface area (Å²) in [6, 6.07) is 4.09. The predicted octanol–water partition coefficient (Wildman–Crippen LogP) is 2.01. The quantitative estimate of drug-likeness (QED) is 0.785. The van der Waals surface area contributed by atoms with E-state index in [1.807, 2.05) is 19.0 Å². The highest BCUT2D eigenvalue weighted by Gasteiger charge is 2.16. The highest BCUT2D eigenvalue weighted by Crippen LogP contribution is 2.18. The molecule has 0 aliphatic heterocycles. The van der Waals surface area contributed by atoms with Gasteiger partial charge in [-0.05, 0) is 39.2 Å². The van der Waals surface area contributed by atoms with Crippen LogP contribution >= 0.6 is 11.6 Å². The number of carbonyl (C=O) groups is 2. The second kappa shape index (κ2) is 9.47. The molecule has 1 rings (SSSR count). The standard InChI is InChI=1S/C16H23ClFN3O2/c1-12(22)21(10-5-9-20(2)3)11-8-19-16(23)15-13(17)6-4-7-14(15)18/h4,6-7H,5,8-11H2,1-3H3,(H,19,23). The number of hydrogen-bond donors (Lipinski definition) is 1. The molecular weight excluding hydrogens is 321 g/mol. The van der Waals surface area contributed by atoms with Crippen LogP contribution < -0.4 is 5.32 Å². The Morgan fingerprint density at radius 2 is 1.91 bits per heavy atom. The molecule has 23 heavy (non-hydrogen) atoms. The summed E-state index contributed by atoms with van der Waals surface area (Å²) in [5.41, 5.74) is -0.170. The van der Waals surface area contributed by atoms with Crippen LogP contribution in [0.4, 0.5) is 4.39 Å². The lowest BCUT2D eigenvalue weighted by Gasteiger charge is -2.22. The molecule has 0 unspecified atom stereocenters. The molecule has 1 N–H and O–H groups in total. The molecule has 5 nitrogen and oxygen atoms in total. The van der Waals surface area contributed by atoms with Gasteiger partial charge in [-0.3, -0.25) is 9.59 Å². The highest BCUT2D eigenvalue weighted by molar-refractivity contribution is 6.33. The van der Waals surface area contributed by atoms with Crippen LogP contribution in [0.1, 0.15) is 23.7 Å². The third-order valence-electron chi connectivity index (χ3n) is 3.34. The Morgan fingerprint density at radius 3 is 2.48 bits per heavy atom. The average molecular weight is 344 g/mol. The summed E-state index contributed by atoms with van der Waals surface area (Å²) in [7, 11) is 3.94. The number of benzene rings is 1. The van der Waals surface area contributed by atoms with Gasteiger partial charge < -0.3 is 15.1 Å². The summed E-state index contributed by atoms with van der Waals surface area (Å²) in [4.78, 5) is 27.3. The van der Waals surface area contributed by atoms with E-state index < -0.39 is 11.7 Å². The van der Waals surface area contributed by atoms with Crippen molar-refractivity contribution in [2.45, 2.75) is 13.3 Å². The summed E-state index contributed by atoms with van der Waals surface area (Å²) in [6.07, 6.45) is 0.847. The average Bonchev–Trinajstić information content (AvgIpc) is 2.44. The lowest BCUT2D eigenvalue weighted by molar-refractivity contribution is -0.128. The van der Waals surface area contributed by atoms with Crippen LogP contribution in [0.5, 0.6) is 0 Å². The molecule has 7 heteroatoms. The molecule has 0 atom stereocenters. The Morgan fingerprint density at radius 1 is 1.22 bits per heavy atom. The summed E-state index contributed by atoms with van der Waals surface area (Å²) >= 11 is 5.84. The number of nitrogens with zero attached hydrogens (tertiary/aromatic N) is 2. The first-order valence-corrected chi connectivity index (χ1v) is 7.83. The van der Waals surface area contributed by atoms with Crippen molar-refractivity contribution in [3.8, 4) is 0 Å². The fourth-order valence-electron chi connectivity index (χ4n) is 2.11. The van der Waals surface area contributed by atoms with Gasteiger partial charge in [0.15, 0.2) is 0 Å². The van der Waals surface area contributed by atoms with Gasteiger partial charge in [-0.15, -0.1) is 0 Å².